The Hall–Kier alpha value is -3.00. The molecule has 0 atom stereocenters. The van der Waals surface area contributed by atoms with Crippen LogP contribution >= 0.6 is 11.3 Å². The van der Waals surface area contributed by atoms with Gasteiger partial charge in [0.1, 0.15) is 11.5 Å². The van der Waals surface area contributed by atoms with Crippen molar-refractivity contribution >= 4 is 44.7 Å². The van der Waals surface area contributed by atoms with Gasteiger partial charge in [-0.2, -0.15) is 5.10 Å². The molecule has 0 spiro atoms. The number of rotatable bonds is 2. The van der Waals surface area contributed by atoms with Crippen molar-refractivity contribution in [2.45, 2.75) is 26.8 Å². The number of hydrogen-bond acceptors (Lipinski definition) is 6. The summed E-state index contributed by atoms with van der Waals surface area (Å²) in [5, 5.41) is 11.9. The minimum absolute atomic E-state index is 0.0297. The molecule has 0 bridgehead atoms. The molecule has 2 aliphatic rings. The molecule has 2 amide bonds. The van der Waals surface area contributed by atoms with Crippen LogP contribution in [0.4, 0.5) is 10.8 Å². The van der Waals surface area contributed by atoms with Crippen LogP contribution in [0.25, 0.3) is 10.8 Å². The van der Waals surface area contributed by atoms with Gasteiger partial charge in [0.15, 0.2) is 5.82 Å². The zero-order valence-electron chi connectivity index (χ0n) is 17.3. The SMILES string of the molecule is CCN1C(=O)CN(C)C(=O)c2c1sc1c2CCN(c2nnc(C)c3ccccc23)C1. The highest BCUT2D eigenvalue weighted by molar-refractivity contribution is 7.17. The number of carbonyl (C=O) groups excluding carboxylic acids is 2. The fourth-order valence-corrected chi connectivity index (χ4v) is 5.86. The fraction of sp³-hybridized carbons (Fsp3) is 0.364. The summed E-state index contributed by atoms with van der Waals surface area (Å²) in [6.45, 7) is 6.04. The third kappa shape index (κ3) is 2.78. The number of anilines is 2. The Labute approximate surface area is 178 Å². The number of hydrogen-bond donors (Lipinski definition) is 0. The van der Waals surface area contributed by atoms with Crippen molar-refractivity contribution in [1.82, 2.24) is 15.1 Å². The molecule has 0 radical (unpaired) electrons. The lowest BCUT2D eigenvalue weighted by atomic mass is 10.0. The first-order chi connectivity index (χ1) is 14.5. The Morgan fingerprint density at radius 2 is 1.87 bits per heavy atom. The van der Waals surface area contributed by atoms with E-state index in [1.165, 1.54) is 4.90 Å². The van der Waals surface area contributed by atoms with Crippen LogP contribution in [0.1, 0.15) is 33.4 Å². The Morgan fingerprint density at radius 3 is 2.63 bits per heavy atom. The van der Waals surface area contributed by atoms with E-state index in [1.807, 2.05) is 26.0 Å². The number of aryl methyl sites for hydroxylation is 1. The molecule has 0 saturated heterocycles. The standard InChI is InChI=1S/C22H23N5O2S/c1-4-27-18(28)12-25(3)21(29)19-16-9-10-26(11-17(16)30-22(19)27)20-15-8-6-5-7-14(15)13(2)23-24-20/h5-8H,4,9-12H2,1-3H3. The monoisotopic (exact) mass is 421 g/mol. The minimum atomic E-state index is -0.0548. The molecule has 0 saturated carbocycles. The summed E-state index contributed by atoms with van der Waals surface area (Å²) in [4.78, 5) is 32.4. The summed E-state index contributed by atoms with van der Waals surface area (Å²) in [6, 6.07) is 8.20. The predicted molar refractivity (Wildman–Crippen MR) is 118 cm³/mol. The van der Waals surface area contributed by atoms with Crippen LogP contribution in [0.3, 0.4) is 0 Å². The molecule has 0 aliphatic carbocycles. The molecule has 0 fully saturated rings. The number of thiophene rings is 1. The molecule has 8 heteroatoms. The molecular formula is C22H23N5O2S. The second-order valence-electron chi connectivity index (χ2n) is 7.81. The van der Waals surface area contributed by atoms with Gasteiger partial charge in [0.25, 0.3) is 5.91 Å². The van der Waals surface area contributed by atoms with Crippen LogP contribution in [0.15, 0.2) is 24.3 Å². The van der Waals surface area contributed by atoms with Crippen LogP contribution < -0.4 is 9.80 Å². The van der Waals surface area contributed by atoms with Gasteiger partial charge in [0.2, 0.25) is 5.91 Å². The first kappa shape index (κ1) is 19.0. The van der Waals surface area contributed by atoms with Gasteiger partial charge >= 0.3 is 0 Å². The Bertz CT molecular complexity index is 1190. The van der Waals surface area contributed by atoms with Gasteiger partial charge in [-0.1, -0.05) is 24.3 Å². The number of carbonyl (C=O) groups is 2. The number of nitrogens with zero attached hydrogens (tertiary/aromatic N) is 5. The van der Waals surface area contributed by atoms with Crippen molar-refractivity contribution in [2.75, 3.05) is 36.5 Å². The Kier molecular flexibility index (Phi) is 4.47. The van der Waals surface area contributed by atoms with Crippen LogP contribution in [-0.4, -0.2) is 53.6 Å². The zero-order valence-corrected chi connectivity index (χ0v) is 18.1. The molecule has 30 heavy (non-hydrogen) atoms. The molecule has 1 aromatic carbocycles. The lowest BCUT2D eigenvalue weighted by Gasteiger charge is -2.29. The van der Waals surface area contributed by atoms with Gasteiger partial charge in [-0.05, 0) is 25.8 Å². The topological polar surface area (TPSA) is 69.6 Å². The van der Waals surface area contributed by atoms with Crippen molar-refractivity contribution in [1.29, 1.82) is 0 Å². The second kappa shape index (κ2) is 7.05. The maximum absolute atomic E-state index is 13.1. The van der Waals surface area contributed by atoms with Gasteiger partial charge in [-0.15, -0.1) is 16.4 Å². The van der Waals surface area contributed by atoms with Crippen molar-refractivity contribution in [3.8, 4) is 0 Å². The molecule has 5 rings (SSSR count). The maximum Gasteiger partial charge on any atom is 0.257 e. The number of aromatic nitrogens is 2. The van der Waals surface area contributed by atoms with Crippen molar-refractivity contribution in [2.24, 2.45) is 0 Å². The van der Waals surface area contributed by atoms with E-state index in [-0.39, 0.29) is 18.4 Å². The lowest BCUT2D eigenvalue weighted by Crippen LogP contribution is -2.37. The summed E-state index contributed by atoms with van der Waals surface area (Å²) in [5.41, 5.74) is 2.71. The van der Waals surface area contributed by atoms with Crippen LogP contribution in [0.5, 0.6) is 0 Å². The summed E-state index contributed by atoms with van der Waals surface area (Å²) in [6.07, 6.45) is 0.746. The van der Waals surface area contributed by atoms with Crippen LogP contribution in [0, 0.1) is 6.92 Å². The molecule has 2 aliphatic heterocycles. The summed E-state index contributed by atoms with van der Waals surface area (Å²) >= 11 is 1.57. The maximum atomic E-state index is 13.1. The fourth-order valence-electron chi connectivity index (χ4n) is 4.42. The van der Waals surface area contributed by atoms with E-state index in [9.17, 15) is 9.59 Å². The normalized spacial score (nSPS) is 16.7. The van der Waals surface area contributed by atoms with E-state index >= 15 is 0 Å². The van der Waals surface area contributed by atoms with Gasteiger partial charge < -0.3 is 14.7 Å². The lowest BCUT2D eigenvalue weighted by molar-refractivity contribution is -0.118. The van der Waals surface area contributed by atoms with E-state index < -0.39 is 0 Å². The molecule has 2 aromatic heterocycles. The molecule has 0 N–H and O–H groups in total. The predicted octanol–water partition coefficient (Wildman–Crippen LogP) is 3.00. The minimum Gasteiger partial charge on any atom is -0.349 e. The molecule has 154 valence electrons. The van der Waals surface area contributed by atoms with E-state index in [4.69, 9.17) is 0 Å². The third-order valence-electron chi connectivity index (χ3n) is 5.99. The van der Waals surface area contributed by atoms with Gasteiger partial charge in [-0.25, -0.2) is 0 Å². The van der Waals surface area contributed by atoms with Crippen molar-refractivity contribution < 1.29 is 9.59 Å². The summed E-state index contributed by atoms with van der Waals surface area (Å²) in [5.74, 6) is 0.788. The summed E-state index contributed by atoms with van der Waals surface area (Å²) in [7, 11) is 1.70. The van der Waals surface area contributed by atoms with Gasteiger partial charge in [-0.3, -0.25) is 9.59 Å². The van der Waals surface area contributed by atoms with Gasteiger partial charge in [0, 0.05) is 35.8 Å². The number of benzene rings is 1. The number of fused-ring (bicyclic) bond motifs is 4. The molecule has 3 aromatic rings. The highest BCUT2D eigenvalue weighted by Crippen LogP contribution is 2.42. The quantitative estimate of drug-likeness (QED) is 0.636. The van der Waals surface area contributed by atoms with Crippen molar-refractivity contribution in [3.05, 3.63) is 46.0 Å². The Morgan fingerprint density at radius 1 is 1.10 bits per heavy atom. The average molecular weight is 422 g/mol. The summed E-state index contributed by atoms with van der Waals surface area (Å²) < 4.78 is 0. The molecular weight excluding hydrogens is 398 g/mol. The van der Waals surface area contributed by atoms with Gasteiger partial charge in [0.05, 0.1) is 17.8 Å². The molecule has 7 nitrogen and oxygen atoms in total. The highest BCUT2D eigenvalue weighted by Gasteiger charge is 2.36. The van der Waals surface area contributed by atoms with E-state index in [2.05, 4.69) is 27.2 Å². The molecule has 0 unspecified atom stereocenters. The second-order valence-corrected chi connectivity index (χ2v) is 8.89. The largest absolute Gasteiger partial charge is 0.349 e. The first-order valence-corrected chi connectivity index (χ1v) is 11.0. The molecule has 4 heterocycles. The Balaban J connectivity index is 1.58. The zero-order chi connectivity index (χ0) is 21.0. The first-order valence-electron chi connectivity index (χ1n) is 10.2. The highest BCUT2D eigenvalue weighted by atomic mass is 32.1. The van der Waals surface area contributed by atoms with E-state index in [0.717, 1.165) is 50.7 Å². The van der Waals surface area contributed by atoms with E-state index in [0.29, 0.717) is 18.7 Å². The van der Waals surface area contributed by atoms with E-state index in [1.54, 1.807) is 23.3 Å². The van der Waals surface area contributed by atoms with Crippen LogP contribution in [-0.2, 0) is 17.8 Å². The number of amides is 2. The average Bonchev–Trinajstić information content (AvgIpc) is 3.08. The van der Waals surface area contributed by atoms with Crippen molar-refractivity contribution in [3.63, 3.8) is 0 Å². The third-order valence-corrected chi connectivity index (χ3v) is 7.23. The number of likely N-dealkylation sites (N-methyl/N-ethyl adjacent to an activating group) is 2. The van der Waals surface area contributed by atoms with Crippen LogP contribution in [0.2, 0.25) is 0 Å². The smallest absolute Gasteiger partial charge is 0.257 e.